The second-order valence-corrected chi connectivity index (χ2v) is 6.56. The molecule has 5 nitrogen and oxygen atoms in total. The summed E-state index contributed by atoms with van der Waals surface area (Å²) in [5.41, 5.74) is 1.88. The van der Waals surface area contributed by atoms with Crippen LogP contribution in [-0.4, -0.2) is 42.9 Å². The number of nitrogens with one attached hydrogen (secondary N) is 1. The Morgan fingerprint density at radius 2 is 1.77 bits per heavy atom. The molecule has 1 aliphatic rings. The van der Waals surface area contributed by atoms with Gasteiger partial charge in [-0.25, -0.2) is 4.39 Å². The number of hydrogen-bond acceptors (Lipinski definition) is 3. The summed E-state index contributed by atoms with van der Waals surface area (Å²) in [5, 5.41) is 3.09. The zero-order valence-corrected chi connectivity index (χ0v) is 15.1. The van der Waals surface area contributed by atoms with Crippen molar-refractivity contribution in [2.45, 2.75) is 6.92 Å². The van der Waals surface area contributed by atoms with Crippen LogP contribution in [0.1, 0.15) is 5.56 Å². The average Bonchev–Trinajstić information content (AvgIpc) is 2.65. The minimum atomic E-state index is -0.704. The van der Waals surface area contributed by atoms with Crippen molar-refractivity contribution >= 4 is 34.8 Å². The highest BCUT2D eigenvalue weighted by Crippen LogP contribution is 2.21. The summed E-state index contributed by atoms with van der Waals surface area (Å²) in [6.07, 6.45) is 0. The Hall–Kier alpha value is -2.60. The Morgan fingerprint density at radius 1 is 1.08 bits per heavy atom. The van der Waals surface area contributed by atoms with Gasteiger partial charge in [0, 0.05) is 36.9 Å². The normalized spacial score (nSPS) is 14.3. The average molecular weight is 376 g/mol. The quantitative estimate of drug-likeness (QED) is 0.821. The molecule has 1 aliphatic heterocycles. The summed E-state index contributed by atoms with van der Waals surface area (Å²) in [4.78, 5) is 27.9. The van der Waals surface area contributed by atoms with Crippen LogP contribution in [0.25, 0.3) is 0 Å². The molecule has 0 spiro atoms. The van der Waals surface area contributed by atoms with Gasteiger partial charge in [-0.1, -0.05) is 29.8 Å². The van der Waals surface area contributed by atoms with Crippen molar-refractivity contribution < 1.29 is 14.0 Å². The number of para-hydroxylation sites is 1. The summed E-state index contributed by atoms with van der Waals surface area (Å²) in [7, 11) is 0. The van der Waals surface area contributed by atoms with Crippen LogP contribution in [0.4, 0.5) is 15.8 Å². The molecule has 0 unspecified atom stereocenters. The van der Waals surface area contributed by atoms with Gasteiger partial charge in [-0.2, -0.15) is 0 Å². The van der Waals surface area contributed by atoms with E-state index in [9.17, 15) is 14.0 Å². The maximum absolute atomic E-state index is 13.9. The molecule has 0 saturated carbocycles. The Kier molecular flexibility index (Phi) is 5.42. The fourth-order valence-electron chi connectivity index (χ4n) is 2.86. The minimum Gasteiger partial charge on any atom is -0.366 e. The van der Waals surface area contributed by atoms with E-state index in [0.717, 1.165) is 5.56 Å². The zero-order chi connectivity index (χ0) is 18.7. The lowest BCUT2D eigenvalue weighted by atomic mass is 10.2. The molecule has 1 saturated heterocycles. The maximum atomic E-state index is 13.9. The van der Waals surface area contributed by atoms with Crippen LogP contribution in [-0.2, 0) is 9.59 Å². The number of amides is 2. The second-order valence-electron chi connectivity index (χ2n) is 6.15. The largest absolute Gasteiger partial charge is 0.366 e. The van der Waals surface area contributed by atoms with Gasteiger partial charge in [0.25, 0.3) is 0 Å². The molecule has 0 aliphatic carbocycles. The van der Waals surface area contributed by atoms with Crippen molar-refractivity contribution in [2.24, 2.45) is 0 Å². The van der Waals surface area contributed by atoms with E-state index in [4.69, 9.17) is 11.6 Å². The Labute approximate surface area is 156 Å². The Balaban J connectivity index is 1.58. The molecule has 136 valence electrons. The number of carbonyl (C=O) groups excluding carboxylic acids is 2. The van der Waals surface area contributed by atoms with E-state index < -0.39 is 11.8 Å². The van der Waals surface area contributed by atoms with E-state index in [2.05, 4.69) is 5.32 Å². The fourth-order valence-corrected chi connectivity index (χ4v) is 3.04. The van der Waals surface area contributed by atoms with Crippen molar-refractivity contribution in [3.63, 3.8) is 0 Å². The van der Waals surface area contributed by atoms with Gasteiger partial charge in [-0.15, -0.1) is 0 Å². The molecule has 1 fully saturated rings. The van der Waals surface area contributed by atoms with Gasteiger partial charge in [-0.05, 0) is 36.8 Å². The van der Waals surface area contributed by atoms with Crippen molar-refractivity contribution in [1.29, 1.82) is 0 Å². The smallest absolute Gasteiger partial charge is 0.313 e. The molecule has 2 amide bonds. The second kappa shape index (κ2) is 7.74. The van der Waals surface area contributed by atoms with Gasteiger partial charge >= 0.3 is 11.8 Å². The molecule has 2 aromatic rings. The molecular formula is C19H19ClFN3O2. The lowest BCUT2D eigenvalue weighted by Gasteiger charge is -2.35. The highest BCUT2D eigenvalue weighted by molar-refractivity contribution is 6.39. The van der Waals surface area contributed by atoms with E-state index in [1.807, 2.05) is 11.8 Å². The molecule has 0 atom stereocenters. The number of nitrogens with zero attached hydrogens (tertiary/aromatic N) is 2. The number of carbonyl (C=O) groups is 2. The molecule has 7 heteroatoms. The summed E-state index contributed by atoms with van der Waals surface area (Å²) >= 11 is 6.03. The Morgan fingerprint density at radius 3 is 2.42 bits per heavy atom. The highest BCUT2D eigenvalue weighted by atomic mass is 35.5. The molecule has 2 aromatic carbocycles. The van der Waals surface area contributed by atoms with E-state index in [-0.39, 0.29) is 5.82 Å². The zero-order valence-electron chi connectivity index (χ0n) is 14.3. The lowest BCUT2D eigenvalue weighted by Crippen LogP contribution is -2.51. The minimum absolute atomic E-state index is 0.290. The third kappa shape index (κ3) is 3.96. The molecular weight excluding hydrogens is 357 g/mol. The predicted octanol–water partition coefficient (Wildman–Crippen LogP) is 3.07. The van der Waals surface area contributed by atoms with E-state index in [0.29, 0.717) is 42.6 Å². The van der Waals surface area contributed by atoms with Crippen molar-refractivity contribution in [3.8, 4) is 0 Å². The van der Waals surface area contributed by atoms with E-state index in [1.165, 1.54) is 11.0 Å². The number of piperazine rings is 1. The van der Waals surface area contributed by atoms with Gasteiger partial charge in [0.05, 0.1) is 5.69 Å². The molecule has 1 heterocycles. The van der Waals surface area contributed by atoms with Crippen LogP contribution >= 0.6 is 11.6 Å². The van der Waals surface area contributed by atoms with Gasteiger partial charge in [0.1, 0.15) is 5.82 Å². The van der Waals surface area contributed by atoms with Crippen LogP contribution in [0.5, 0.6) is 0 Å². The van der Waals surface area contributed by atoms with Crippen LogP contribution in [0.15, 0.2) is 42.5 Å². The number of hydrogen-bond donors (Lipinski definition) is 1. The monoisotopic (exact) mass is 375 g/mol. The molecule has 0 aromatic heterocycles. The fraction of sp³-hybridized carbons (Fsp3) is 0.263. The third-order valence-corrected chi connectivity index (χ3v) is 4.79. The van der Waals surface area contributed by atoms with Gasteiger partial charge in [-0.3, -0.25) is 9.59 Å². The SMILES string of the molecule is Cc1ccc(NC(=O)C(=O)N2CCN(c3ccccc3F)CC2)cc1Cl. The first-order valence-corrected chi connectivity index (χ1v) is 8.69. The van der Waals surface area contributed by atoms with Crippen molar-refractivity contribution in [1.82, 2.24) is 4.90 Å². The molecule has 1 N–H and O–H groups in total. The first-order chi connectivity index (χ1) is 12.5. The first kappa shape index (κ1) is 18.2. The number of rotatable bonds is 2. The highest BCUT2D eigenvalue weighted by Gasteiger charge is 2.27. The van der Waals surface area contributed by atoms with E-state index >= 15 is 0 Å². The Bertz CT molecular complexity index is 835. The van der Waals surface area contributed by atoms with Gasteiger partial charge in [0.2, 0.25) is 0 Å². The lowest BCUT2D eigenvalue weighted by molar-refractivity contribution is -0.143. The number of halogens is 2. The number of aryl methyl sites for hydroxylation is 1. The van der Waals surface area contributed by atoms with Gasteiger partial charge < -0.3 is 15.1 Å². The van der Waals surface area contributed by atoms with Crippen LogP contribution in [0.3, 0.4) is 0 Å². The molecule has 26 heavy (non-hydrogen) atoms. The summed E-state index contributed by atoms with van der Waals surface area (Å²) in [5.74, 6) is -1.60. The van der Waals surface area contributed by atoms with Crippen LogP contribution < -0.4 is 10.2 Å². The first-order valence-electron chi connectivity index (χ1n) is 8.31. The van der Waals surface area contributed by atoms with Crippen LogP contribution in [0, 0.1) is 12.7 Å². The molecule has 3 rings (SSSR count). The summed E-state index contributed by atoms with van der Waals surface area (Å²) < 4.78 is 13.9. The summed E-state index contributed by atoms with van der Waals surface area (Å²) in [6.45, 7) is 3.51. The molecule has 0 radical (unpaired) electrons. The molecule has 0 bridgehead atoms. The van der Waals surface area contributed by atoms with E-state index in [1.54, 1.807) is 36.4 Å². The maximum Gasteiger partial charge on any atom is 0.313 e. The third-order valence-electron chi connectivity index (χ3n) is 4.38. The van der Waals surface area contributed by atoms with Crippen molar-refractivity contribution in [2.75, 3.05) is 36.4 Å². The van der Waals surface area contributed by atoms with Crippen LogP contribution in [0.2, 0.25) is 5.02 Å². The number of anilines is 2. The summed E-state index contributed by atoms with van der Waals surface area (Å²) in [6, 6.07) is 11.6. The van der Waals surface area contributed by atoms with Gasteiger partial charge in [0.15, 0.2) is 0 Å². The predicted molar refractivity (Wildman–Crippen MR) is 100 cm³/mol. The van der Waals surface area contributed by atoms with Crippen molar-refractivity contribution in [3.05, 3.63) is 58.9 Å². The standard InChI is InChI=1S/C19H19ClFN3O2/c1-13-6-7-14(12-15(13)20)22-18(25)19(26)24-10-8-23(9-11-24)17-5-3-2-4-16(17)21/h2-7,12H,8-11H2,1H3,(H,22,25). The topological polar surface area (TPSA) is 52.7 Å². The number of benzene rings is 2.